The van der Waals surface area contributed by atoms with Gasteiger partial charge in [-0.2, -0.15) is 0 Å². The topological polar surface area (TPSA) is 26.3 Å². The molecule has 0 aliphatic heterocycles. The van der Waals surface area contributed by atoms with Crippen molar-refractivity contribution in [3.8, 4) is 16.9 Å². The number of hydrogen-bond acceptors (Lipinski definition) is 2. The Kier molecular flexibility index (Phi) is 5.50. The maximum atomic E-state index is 14.9. The van der Waals surface area contributed by atoms with Crippen LogP contribution < -0.4 is 4.74 Å². The predicted octanol–water partition coefficient (Wildman–Crippen LogP) is 6.80. The molecule has 2 aromatic rings. The van der Waals surface area contributed by atoms with Crippen molar-refractivity contribution in [3.63, 3.8) is 0 Å². The van der Waals surface area contributed by atoms with Crippen LogP contribution in [-0.4, -0.2) is 12.4 Å². The Bertz CT molecular complexity index is 898. The second kappa shape index (κ2) is 7.93. The molecule has 0 N–H and O–H groups in total. The number of ether oxygens (including phenoxy) is 1. The van der Waals surface area contributed by atoms with E-state index in [2.05, 4.69) is 6.92 Å². The van der Waals surface area contributed by atoms with E-state index in [1.807, 2.05) is 38.1 Å². The fourth-order valence-corrected chi connectivity index (χ4v) is 4.64. The normalized spacial score (nSPS) is 22.3. The monoisotopic (exact) mass is 394 g/mol. The first-order valence-electron chi connectivity index (χ1n) is 11.0. The lowest BCUT2D eigenvalue weighted by Gasteiger charge is -2.29. The standard InChI is InChI=1S/C26H31FO2/c1-17-10-12-20(14-17)29-24-13-11-19(26(2,3)16-28)15-22(24)21-8-5-9-23(27)25(21)18-6-4-7-18/h5,8-9,11,13,15-18,20H,4,6-7,10,12,14H2,1-3H3/t17-,20-/m1/s1. The Hall–Kier alpha value is -2.16. The zero-order valence-electron chi connectivity index (χ0n) is 17.7. The molecule has 2 saturated carbocycles. The molecule has 154 valence electrons. The smallest absolute Gasteiger partial charge is 0.129 e. The van der Waals surface area contributed by atoms with E-state index in [0.717, 1.165) is 66.4 Å². The molecule has 0 radical (unpaired) electrons. The van der Waals surface area contributed by atoms with Crippen molar-refractivity contribution in [1.82, 2.24) is 0 Å². The highest BCUT2D eigenvalue weighted by molar-refractivity contribution is 5.77. The number of halogens is 1. The lowest BCUT2D eigenvalue weighted by atomic mass is 9.76. The van der Waals surface area contributed by atoms with Crippen molar-refractivity contribution in [3.05, 3.63) is 53.3 Å². The maximum absolute atomic E-state index is 14.9. The van der Waals surface area contributed by atoms with E-state index < -0.39 is 5.41 Å². The van der Waals surface area contributed by atoms with Gasteiger partial charge < -0.3 is 9.53 Å². The fourth-order valence-electron chi connectivity index (χ4n) is 4.64. The number of hydrogen-bond donors (Lipinski definition) is 0. The van der Waals surface area contributed by atoms with E-state index >= 15 is 0 Å². The Morgan fingerprint density at radius 3 is 2.48 bits per heavy atom. The number of carbonyl (C=O) groups excluding carboxylic acids is 1. The van der Waals surface area contributed by atoms with Gasteiger partial charge in [0.05, 0.1) is 6.10 Å². The fraction of sp³-hybridized carbons (Fsp3) is 0.500. The van der Waals surface area contributed by atoms with Crippen LogP contribution in [0.4, 0.5) is 4.39 Å². The van der Waals surface area contributed by atoms with Crippen molar-refractivity contribution < 1.29 is 13.9 Å². The number of aldehydes is 1. The minimum Gasteiger partial charge on any atom is -0.490 e. The Morgan fingerprint density at radius 1 is 1.07 bits per heavy atom. The van der Waals surface area contributed by atoms with E-state index in [9.17, 15) is 9.18 Å². The summed E-state index contributed by atoms with van der Waals surface area (Å²) >= 11 is 0. The molecule has 2 atom stereocenters. The summed E-state index contributed by atoms with van der Waals surface area (Å²) in [6.07, 6.45) is 7.69. The zero-order valence-corrected chi connectivity index (χ0v) is 17.7. The highest BCUT2D eigenvalue weighted by Crippen LogP contribution is 2.45. The van der Waals surface area contributed by atoms with Gasteiger partial charge in [-0.3, -0.25) is 0 Å². The van der Waals surface area contributed by atoms with Crippen LogP contribution in [0.5, 0.6) is 5.75 Å². The molecule has 2 aliphatic carbocycles. The molecule has 29 heavy (non-hydrogen) atoms. The number of carbonyl (C=O) groups is 1. The molecule has 4 rings (SSSR count). The molecule has 3 heteroatoms. The molecule has 0 heterocycles. The van der Waals surface area contributed by atoms with Crippen LogP contribution >= 0.6 is 0 Å². The van der Waals surface area contributed by atoms with Crippen LogP contribution in [0.3, 0.4) is 0 Å². The highest BCUT2D eigenvalue weighted by atomic mass is 19.1. The third-order valence-electron chi connectivity index (χ3n) is 6.82. The van der Waals surface area contributed by atoms with Crippen LogP contribution in [0.25, 0.3) is 11.1 Å². The van der Waals surface area contributed by atoms with Crippen molar-refractivity contribution >= 4 is 6.29 Å². The largest absolute Gasteiger partial charge is 0.490 e. The minimum atomic E-state index is -0.598. The first kappa shape index (κ1) is 20.1. The molecule has 2 aromatic carbocycles. The van der Waals surface area contributed by atoms with Crippen LogP contribution in [-0.2, 0) is 10.2 Å². The number of benzene rings is 2. The predicted molar refractivity (Wildman–Crippen MR) is 115 cm³/mol. The van der Waals surface area contributed by atoms with E-state index in [-0.39, 0.29) is 17.8 Å². The summed E-state index contributed by atoms with van der Waals surface area (Å²) in [5, 5.41) is 0. The van der Waals surface area contributed by atoms with Crippen molar-refractivity contribution in [2.24, 2.45) is 5.92 Å². The number of rotatable bonds is 6. The quantitative estimate of drug-likeness (QED) is 0.503. The van der Waals surface area contributed by atoms with Gasteiger partial charge in [-0.25, -0.2) is 4.39 Å². The summed E-state index contributed by atoms with van der Waals surface area (Å²) in [7, 11) is 0. The third-order valence-corrected chi connectivity index (χ3v) is 6.82. The molecule has 0 aromatic heterocycles. The summed E-state index contributed by atoms with van der Waals surface area (Å²) < 4.78 is 21.3. The van der Waals surface area contributed by atoms with Crippen molar-refractivity contribution in [2.45, 2.75) is 76.7 Å². The Balaban J connectivity index is 1.82. The van der Waals surface area contributed by atoms with E-state index in [1.165, 1.54) is 6.42 Å². The highest BCUT2D eigenvalue weighted by Gasteiger charge is 2.29. The lowest BCUT2D eigenvalue weighted by molar-refractivity contribution is -0.111. The van der Waals surface area contributed by atoms with Gasteiger partial charge >= 0.3 is 0 Å². The lowest BCUT2D eigenvalue weighted by Crippen LogP contribution is -2.19. The van der Waals surface area contributed by atoms with Crippen LogP contribution in [0.1, 0.15) is 76.3 Å². The van der Waals surface area contributed by atoms with Gasteiger partial charge in [0.25, 0.3) is 0 Å². The van der Waals surface area contributed by atoms with E-state index in [4.69, 9.17) is 4.74 Å². The van der Waals surface area contributed by atoms with Gasteiger partial charge in [0.2, 0.25) is 0 Å². The van der Waals surface area contributed by atoms with Gasteiger partial charge in [0, 0.05) is 11.0 Å². The molecular formula is C26H31FO2. The Labute approximate surface area is 173 Å². The average Bonchev–Trinajstić information content (AvgIpc) is 3.07. The zero-order chi connectivity index (χ0) is 20.6. The Morgan fingerprint density at radius 2 is 1.86 bits per heavy atom. The van der Waals surface area contributed by atoms with Crippen molar-refractivity contribution in [1.29, 1.82) is 0 Å². The second-order valence-electron chi connectivity index (χ2n) is 9.54. The summed E-state index contributed by atoms with van der Waals surface area (Å²) in [5.41, 5.74) is 2.97. The van der Waals surface area contributed by atoms with Crippen LogP contribution in [0.2, 0.25) is 0 Å². The minimum absolute atomic E-state index is 0.132. The third kappa shape index (κ3) is 3.97. The molecule has 0 unspecified atom stereocenters. The summed E-state index contributed by atoms with van der Waals surface area (Å²) in [5.74, 6) is 1.62. The molecule has 0 amide bonds. The SMILES string of the molecule is C[C@@H]1CC[C@@H](Oc2ccc(C(C)(C)C=O)cc2-c2cccc(F)c2C2CCC2)C1. The van der Waals surface area contributed by atoms with Crippen molar-refractivity contribution in [2.75, 3.05) is 0 Å². The van der Waals surface area contributed by atoms with Gasteiger partial charge in [0.1, 0.15) is 17.9 Å². The van der Waals surface area contributed by atoms with Gasteiger partial charge in [0.15, 0.2) is 0 Å². The van der Waals surface area contributed by atoms with Gasteiger partial charge in [-0.05, 0) is 92.7 Å². The van der Waals surface area contributed by atoms with E-state index in [1.54, 1.807) is 12.1 Å². The molecule has 0 spiro atoms. The molecular weight excluding hydrogens is 363 g/mol. The van der Waals surface area contributed by atoms with Gasteiger partial charge in [-0.15, -0.1) is 0 Å². The molecule has 0 bridgehead atoms. The first-order chi connectivity index (χ1) is 13.9. The van der Waals surface area contributed by atoms with Crippen LogP contribution in [0.15, 0.2) is 36.4 Å². The molecule has 2 fully saturated rings. The molecule has 2 nitrogen and oxygen atoms in total. The second-order valence-corrected chi connectivity index (χ2v) is 9.54. The molecule has 0 saturated heterocycles. The summed E-state index contributed by atoms with van der Waals surface area (Å²) in [4.78, 5) is 11.7. The molecule has 2 aliphatic rings. The van der Waals surface area contributed by atoms with Gasteiger partial charge in [-0.1, -0.05) is 31.5 Å². The van der Waals surface area contributed by atoms with E-state index in [0.29, 0.717) is 5.92 Å². The summed E-state index contributed by atoms with van der Waals surface area (Å²) in [6.45, 7) is 6.09. The first-order valence-corrected chi connectivity index (χ1v) is 11.0. The maximum Gasteiger partial charge on any atom is 0.129 e. The van der Waals surface area contributed by atoms with Crippen LogP contribution in [0, 0.1) is 11.7 Å². The average molecular weight is 395 g/mol. The summed E-state index contributed by atoms with van der Waals surface area (Å²) in [6, 6.07) is 11.4.